The van der Waals surface area contributed by atoms with Crippen LogP contribution in [0.15, 0.2) is 36.5 Å². The van der Waals surface area contributed by atoms with Crippen LogP contribution in [0.3, 0.4) is 0 Å². The molecule has 0 aliphatic heterocycles. The summed E-state index contributed by atoms with van der Waals surface area (Å²) in [6, 6.07) is 10.0. The van der Waals surface area contributed by atoms with Gasteiger partial charge in [0.15, 0.2) is 5.65 Å². The van der Waals surface area contributed by atoms with Crippen molar-refractivity contribution in [3.05, 3.63) is 53.5 Å². The number of fused-ring (bicyclic) bond motifs is 1. The van der Waals surface area contributed by atoms with E-state index in [0.29, 0.717) is 11.6 Å². The van der Waals surface area contributed by atoms with E-state index in [-0.39, 0.29) is 5.91 Å². The smallest absolute Gasteiger partial charge is 0.251 e. The maximum absolute atomic E-state index is 12.7. The van der Waals surface area contributed by atoms with Crippen LogP contribution < -0.4 is 5.32 Å². The molecule has 4 rings (SSSR count). The first-order valence-electron chi connectivity index (χ1n) is 9.35. The molecule has 1 N–H and O–H groups in total. The second-order valence-electron chi connectivity index (χ2n) is 7.15. The highest BCUT2D eigenvalue weighted by Gasteiger charge is 2.18. The van der Waals surface area contributed by atoms with Crippen molar-refractivity contribution in [1.29, 1.82) is 0 Å². The molecule has 2 heterocycles. The Kier molecular flexibility index (Phi) is 4.45. The third-order valence-electron chi connectivity index (χ3n) is 5.24. The topological polar surface area (TPSA) is 59.8 Å². The van der Waals surface area contributed by atoms with Gasteiger partial charge in [-0.2, -0.15) is 0 Å². The molecule has 0 radical (unpaired) electrons. The Labute approximate surface area is 153 Å². The Morgan fingerprint density at radius 3 is 2.77 bits per heavy atom. The van der Waals surface area contributed by atoms with Gasteiger partial charge < -0.3 is 5.32 Å². The van der Waals surface area contributed by atoms with Crippen LogP contribution >= 0.6 is 0 Å². The second-order valence-corrected chi connectivity index (χ2v) is 7.15. The zero-order valence-electron chi connectivity index (χ0n) is 15.3. The highest BCUT2D eigenvalue weighted by Crippen LogP contribution is 2.24. The average molecular weight is 348 g/mol. The zero-order chi connectivity index (χ0) is 18.1. The number of benzene rings is 1. The number of nitrogens with zero attached hydrogens (tertiary/aromatic N) is 3. The van der Waals surface area contributed by atoms with Crippen molar-refractivity contribution in [2.75, 3.05) is 0 Å². The summed E-state index contributed by atoms with van der Waals surface area (Å²) in [5, 5.41) is 3.20. The number of pyridine rings is 1. The third kappa shape index (κ3) is 3.09. The lowest BCUT2D eigenvalue weighted by Crippen LogP contribution is -2.36. The van der Waals surface area contributed by atoms with Gasteiger partial charge in [0.2, 0.25) is 0 Å². The lowest BCUT2D eigenvalue weighted by molar-refractivity contribution is 0.0927. The van der Waals surface area contributed by atoms with Crippen LogP contribution in [-0.4, -0.2) is 26.5 Å². The van der Waals surface area contributed by atoms with Gasteiger partial charge >= 0.3 is 0 Å². The molecule has 1 amide bonds. The number of amides is 1. The first-order chi connectivity index (χ1) is 12.6. The first-order valence-corrected chi connectivity index (χ1v) is 9.35. The normalized spacial score (nSPS) is 15.3. The molecule has 1 aliphatic rings. The van der Waals surface area contributed by atoms with Gasteiger partial charge in [-0.1, -0.05) is 25.3 Å². The predicted molar refractivity (Wildman–Crippen MR) is 103 cm³/mol. The summed E-state index contributed by atoms with van der Waals surface area (Å²) >= 11 is 0. The molecule has 5 heteroatoms. The number of nitrogens with one attached hydrogen (secondary N) is 1. The second kappa shape index (κ2) is 6.90. The van der Waals surface area contributed by atoms with E-state index < -0.39 is 0 Å². The molecule has 0 spiro atoms. The number of aryl methyl sites for hydroxylation is 2. The number of hydrogen-bond donors (Lipinski definition) is 1. The van der Waals surface area contributed by atoms with Crippen LogP contribution in [0.1, 0.15) is 53.8 Å². The van der Waals surface area contributed by atoms with Crippen LogP contribution in [-0.2, 0) is 0 Å². The minimum atomic E-state index is 0.00758. The fourth-order valence-electron chi connectivity index (χ4n) is 3.82. The van der Waals surface area contributed by atoms with Gasteiger partial charge in [-0.25, -0.2) is 9.97 Å². The van der Waals surface area contributed by atoms with E-state index in [2.05, 4.69) is 15.3 Å². The van der Waals surface area contributed by atoms with Crippen LogP contribution in [0.25, 0.3) is 16.9 Å². The van der Waals surface area contributed by atoms with Crippen molar-refractivity contribution < 1.29 is 4.79 Å². The molecule has 0 saturated heterocycles. The highest BCUT2D eigenvalue weighted by atomic mass is 16.1. The standard InChI is InChI=1S/C21H24N4O/c1-14-10-11-16(21(26)24-17-7-4-3-5-8-17)13-19(14)25-15(2)23-18-9-6-12-22-20(18)25/h6,9-13,17H,3-5,7-8H2,1-2H3,(H,24,26). The molecule has 26 heavy (non-hydrogen) atoms. The van der Waals surface area contributed by atoms with Crippen molar-refractivity contribution in [1.82, 2.24) is 19.9 Å². The minimum Gasteiger partial charge on any atom is -0.349 e. The number of aromatic nitrogens is 3. The summed E-state index contributed by atoms with van der Waals surface area (Å²) in [5.74, 6) is 0.875. The lowest BCUT2D eigenvalue weighted by Gasteiger charge is -2.23. The summed E-state index contributed by atoms with van der Waals surface area (Å²) in [5.41, 5.74) is 4.42. The SMILES string of the molecule is Cc1ccc(C(=O)NC2CCCCC2)cc1-n1c(C)nc2cccnc21. The Morgan fingerprint density at radius 1 is 1.15 bits per heavy atom. The van der Waals surface area contributed by atoms with E-state index in [9.17, 15) is 4.79 Å². The van der Waals surface area contributed by atoms with Gasteiger partial charge in [-0.15, -0.1) is 0 Å². The predicted octanol–water partition coefficient (Wildman–Crippen LogP) is 4.10. The van der Waals surface area contributed by atoms with Gasteiger partial charge in [-0.3, -0.25) is 9.36 Å². The van der Waals surface area contributed by atoms with E-state index in [1.54, 1.807) is 6.20 Å². The molecule has 2 aromatic heterocycles. The van der Waals surface area contributed by atoms with Crippen molar-refractivity contribution >= 4 is 17.1 Å². The molecule has 0 atom stereocenters. The van der Waals surface area contributed by atoms with Gasteiger partial charge in [0.1, 0.15) is 11.3 Å². The Balaban J connectivity index is 1.70. The van der Waals surface area contributed by atoms with E-state index in [1.807, 2.05) is 48.7 Å². The molecule has 5 nitrogen and oxygen atoms in total. The van der Waals surface area contributed by atoms with Gasteiger partial charge in [0, 0.05) is 17.8 Å². The van der Waals surface area contributed by atoms with Crippen LogP contribution in [0.5, 0.6) is 0 Å². The molecule has 1 fully saturated rings. The Bertz CT molecular complexity index is 954. The fourth-order valence-corrected chi connectivity index (χ4v) is 3.82. The molecule has 1 aromatic carbocycles. The van der Waals surface area contributed by atoms with Crippen molar-refractivity contribution in [2.24, 2.45) is 0 Å². The van der Waals surface area contributed by atoms with Crippen molar-refractivity contribution in [2.45, 2.75) is 52.0 Å². The number of carbonyl (C=O) groups excluding carboxylic acids is 1. The minimum absolute atomic E-state index is 0.00758. The van der Waals surface area contributed by atoms with Gasteiger partial charge in [0.05, 0.1) is 5.69 Å². The molecule has 0 bridgehead atoms. The number of rotatable bonds is 3. The Hall–Kier alpha value is -2.69. The van der Waals surface area contributed by atoms with E-state index in [1.165, 1.54) is 19.3 Å². The van der Waals surface area contributed by atoms with Gasteiger partial charge in [0.25, 0.3) is 5.91 Å². The van der Waals surface area contributed by atoms with Crippen LogP contribution in [0.2, 0.25) is 0 Å². The third-order valence-corrected chi connectivity index (χ3v) is 5.24. The van der Waals surface area contributed by atoms with Crippen molar-refractivity contribution in [3.63, 3.8) is 0 Å². The Morgan fingerprint density at radius 2 is 1.96 bits per heavy atom. The number of imidazole rings is 1. The summed E-state index contributed by atoms with van der Waals surface area (Å²) in [4.78, 5) is 21.8. The van der Waals surface area contributed by atoms with Crippen LogP contribution in [0.4, 0.5) is 0 Å². The molecule has 0 unspecified atom stereocenters. The lowest BCUT2D eigenvalue weighted by atomic mass is 9.95. The largest absolute Gasteiger partial charge is 0.349 e. The van der Waals surface area contributed by atoms with E-state index in [0.717, 1.165) is 41.1 Å². The quantitative estimate of drug-likeness (QED) is 0.775. The van der Waals surface area contributed by atoms with E-state index >= 15 is 0 Å². The van der Waals surface area contributed by atoms with E-state index in [4.69, 9.17) is 0 Å². The number of hydrogen-bond acceptors (Lipinski definition) is 3. The fraction of sp³-hybridized carbons (Fsp3) is 0.381. The van der Waals surface area contributed by atoms with Crippen LogP contribution in [0, 0.1) is 13.8 Å². The zero-order valence-corrected chi connectivity index (χ0v) is 15.3. The first kappa shape index (κ1) is 16.8. The van der Waals surface area contributed by atoms with Crippen molar-refractivity contribution in [3.8, 4) is 5.69 Å². The summed E-state index contributed by atoms with van der Waals surface area (Å²) in [6.45, 7) is 4.02. The summed E-state index contributed by atoms with van der Waals surface area (Å²) < 4.78 is 2.03. The molecular formula is C21H24N4O. The summed E-state index contributed by atoms with van der Waals surface area (Å²) in [7, 11) is 0. The molecular weight excluding hydrogens is 324 g/mol. The summed E-state index contributed by atoms with van der Waals surface area (Å²) in [6.07, 6.45) is 7.63. The highest BCUT2D eigenvalue weighted by molar-refractivity contribution is 5.95. The average Bonchev–Trinajstić information content (AvgIpc) is 2.98. The molecule has 1 saturated carbocycles. The molecule has 3 aromatic rings. The maximum atomic E-state index is 12.7. The monoisotopic (exact) mass is 348 g/mol. The maximum Gasteiger partial charge on any atom is 0.251 e. The number of carbonyl (C=O) groups is 1. The molecule has 1 aliphatic carbocycles. The molecule has 134 valence electrons. The van der Waals surface area contributed by atoms with Gasteiger partial charge in [-0.05, 0) is 56.5 Å².